The molecule has 6 heteroatoms. The number of aliphatic carboxylic acids is 1. The highest BCUT2D eigenvalue weighted by Crippen LogP contribution is 2.22. The Labute approximate surface area is 114 Å². The van der Waals surface area contributed by atoms with Crippen molar-refractivity contribution in [3.63, 3.8) is 0 Å². The maximum Gasteiger partial charge on any atom is 0.321 e. The Kier molecular flexibility index (Phi) is 4.48. The van der Waals surface area contributed by atoms with Crippen molar-refractivity contribution in [3.8, 4) is 0 Å². The number of nitrogens with zero attached hydrogens (tertiary/aromatic N) is 1. The lowest BCUT2D eigenvalue weighted by molar-refractivity contribution is -0.142. The van der Waals surface area contributed by atoms with E-state index in [0.29, 0.717) is 22.9 Å². The van der Waals surface area contributed by atoms with Crippen LogP contribution in [0.5, 0.6) is 0 Å². The largest absolute Gasteiger partial charge is 0.480 e. The van der Waals surface area contributed by atoms with Gasteiger partial charge in [-0.05, 0) is 18.2 Å². The van der Waals surface area contributed by atoms with Gasteiger partial charge in [-0.2, -0.15) is 11.8 Å². The number of halogens is 2. The predicted octanol–water partition coefficient (Wildman–Crippen LogP) is 2.48. The fourth-order valence-electron chi connectivity index (χ4n) is 1.94. The summed E-state index contributed by atoms with van der Waals surface area (Å²) in [5.74, 6) is 0.204. The molecule has 1 aromatic carbocycles. The van der Waals surface area contributed by atoms with Crippen LogP contribution >= 0.6 is 23.4 Å². The SMILES string of the molecule is O=C(O)C1CSCCN1Cc1cc(Cl)ccc1F. The second-order valence-electron chi connectivity index (χ2n) is 4.14. The Hall–Kier alpha value is -0.780. The summed E-state index contributed by atoms with van der Waals surface area (Å²) in [5, 5.41) is 9.60. The summed E-state index contributed by atoms with van der Waals surface area (Å²) in [4.78, 5) is 12.9. The first kappa shape index (κ1) is 13.6. The minimum absolute atomic E-state index is 0.282. The van der Waals surface area contributed by atoms with E-state index in [2.05, 4.69) is 0 Å². The van der Waals surface area contributed by atoms with Gasteiger partial charge in [0, 0.05) is 35.2 Å². The average Bonchev–Trinajstić information content (AvgIpc) is 2.34. The van der Waals surface area contributed by atoms with Crippen LogP contribution in [0.3, 0.4) is 0 Å². The van der Waals surface area contributed by atoms with Crippen molar-refractivity contribution >= 4 is 29.3 Å². The molecule has 3 nitrogen and oxygen atoms in total. The molecule has 1 N–H and O–H groups in total. The Bertz CT molecular complexity index is 458. The van der Waals surface area contributed by atoms with E-state index in [1.807, 2.05) is 0 Å². The number of thioether (sulfide) groups is 1. The van der Waals surface area contributed by atoms with Crippen LogP contribution in [0.15, 0.2) is 18.2 Å². The zero-order valence-electron chi connectivity index (χ0n) is 9.60. The van der Waals surface area contributed by atoms with Gasteiger partial charge >= 0.3 is 5.97 Å². The second kappa shape index (κ2) is 5.91. The monoisotopic (exact) mass is 289 g/mol. The van der Waals surface area contributed by atoms with E-state index in [4.69, 9.17) is 16.7 Å². The predicted molar refractivity (Wildman–Crippen MR) is 70.6 cm³/mol. The average molecular weight is 290 g/mol. The standard InChI is InChI=1S/C12H13ClFNO2S/c13-9-1-2-10(14)8(5-9)6-15-3-4-18-7-11(15)12(16)17/h1-2,5,11H,3-4,6-7H2,(H,16,17). The van der Waals surface area contributed by atoms with E-state index in [0.717, 1.165) is 5.75 Å². The smallest absolute Gasteiger partial charge is 0.321 e. The first-order valence-electron chi connectivity index (χ1n) is 5.56. The van der Waals surface area contributed by atoms with Crippen LogP contribution in [0.2, 0.25) is 5.02 Å². The van der Waals surface area contributed by atoms with Crippen molar-refractivity contribution in [2.75, 3.05) is 18.1 Å². The van der Waals surface area contributed by atoms with Gasteiger partial charge in [0.05, 0.1) is 0 Å². The molecule has 0 saturated carbocycles. The Morgan fingerprint density at radius 1 is 1.61 bits per heavy atom. The topological polar surface area (TPSA) is 40.5 Å². The van der Waals surface area contributed by atoms with E-state index in [-0.39, 0.29) is 12.4 Å². The minimum Gasteiger partial charge on any atom is -0.480 e. The highest BCUT2D eigenvalue weighted by molar-refractivity contribution is 7.99. The molecule has 1 aliphatic heterocycles. The molecular formula is C12H13ClFNO2S. The molecule has 0 aliphatic carbocycles. The van der Waals surface area contributed by atoms with Gasteiger partial charge in [0.2, 0.25) is 0 Å². The van der Waals surface area contributed by atoms with E-state index in [1.54, 1.807) is 22.7 Å². The van der Waals surface area contributed by atoms with Crippen LogP contribution in [-0.2, 0) is 11.3 Å². The van der Waals surface area contributed by atoms with Crippen molar-refractivity contribution < 1.29 is 14.3 Å². The number of rotatable bonds is 3. The zero-order chi connectivity index (χ0) is 13.1. The van der Waals surface area contributed by atoms with Gasteiger partial charge in [-0.3, -0.25) is 9.69 Å². The summed E-state index contributed by atoms with van der Waals surface area (Å²) in [6.07, 6.45) is 0. The Morgan fingerprint density at radius 3 is 3.11 bits per heavy atom. The molecule has 0 bridgehead atoms. The number of carboxylic acids is 1. The molecule has 0 spiro atoms. The first-order chi connectivity index (χ1) is 8.58. The van der Waals surface area contributed by atoms with Crippen LogP contribution in [0.1, 0.15) is 5.56 Å². The molecule has 0 aromatic heterocycles. The molecule has 1 aromatic rings. The Morgan fingerprint density at radius 2 is 2.39 bits per heavy atom. The van der Waals surface area contributed by atoms with Crippen LogP contribution < -0.4 is 0 Å². The molecule has 98 valence electrons. The number of hydrogen-bond acceptors (Lipinski definition) is 3. The third-order valence-corrected chi connectivity index (χ3v) is 4.16. The quantitative estimate of drug-likeness (QED) is 0.928. The molecule has 1 unspecified atom stereocenters. The van der Waals surface area contributed by atoms with Crippen molar-refractivity contribution in [1.82, 2.24) is 4.90 Å². The fraction of sp³-hybridized carbons (Fsp3) is 0.417. The Balaban J connectivity index is 2.15. The van der Waals surface area contributed by atoms with E-state index >= 15 is 0 Å². The molecule has 2 rings (SSSR count). The maximum absolute atomic E-state index is 13.6. The summed E-state index contributed by atoms with van der Waals surface area (Å²) >= 11 is 7.44. The third kappa shape index (κ3) is 3.16. The summed E-state index contributed by atoms with van der Waals surface area (Å²) in [7, 11) is 0. The van der Waals surface area contributed by atoms with Crippen molar-refractivity contribution in [3.05, 3.63) is 34.6 Å². The summed E-state index contributed by atoms with van der Waals surface area (Å²) < 4.78 is 13.6. The number of carboxylic acid groups (broad SMARTS) is 1. The molecule has 1 atom stereocenters. The van der Waals surface area contributed by atoms with Crippen molar-refractivity contribution in [2.45, 2.75) is 12.6 Å². The van der Waals surface area contributed by atoms with Crippen molar-refractivity contribution in [1.29, 1.82) is 0 Å². The van der Waals surface area contributed by atoms with Gasteiger partial charge < -0.3 is 5.11 Å². The molecular weight excluding hydrogens is 277 g/mol. The van der Waals surface area contributed by atoms with Gasteiger partial charge in [-0.1, -0.05) is 11.6 Å². The zero-order valence-corrected chi connectivity index (χ0v) is 11.2. The first-order valence-corrected chi connectivity index (χ1v) is 7.09. The fourth-order valence-corrected chi connectivity index (χ4v) is 3.24. The highest BCUT2D eigenvalue weighted by Gasteiger charge is 2.29. The molecule has 1 saturated heterocycles. The lowest BCUT2D eigenvalue weighted by atomic mass is 10.1. The van der Waals surface area contributed by atoms with Crippen LogP contribution in [0.4, 0.5) is 4.39 Å². The number of carbonyl (C=O) groups is 1. The van der Waals surface area contributed by atoms with Gasteiger partial charge in [-0.25, -0.2) is 4.39 Å². The van der Waals surface area contributed by atoms with Crippen LogP contribution in [0.25, 0.3) is 0 Å². The van der Waals surface area contributed by atoms with E-state index in [9.17, 15) is 9.18 Å². The summed E-state index contributed by atoms with van der Waals surface area (Å²) in [6.45, 7) is 0.928. The highest BCUT2D eigenvalue weighted by atomic mass is 35.5. The van der Waals surface area contributed by atoms with E-state index in [1.165, 1.54) is 12.1 Å². The molecule has 1 fully saturated rings. The van der Waals surface area contributed by atoms with Gasteiger partial charge in [0.25, 0.3) is 0 Å². The van der Waals surface area contributed by atoms with Crippen molar-refractivity contribution in [2.24, 2.45) is 0 Å². The number of hydrogen-bond donors (Lipinski definition) is 1. The summed E-state index contributed by atoms with van der Waals surface area (Å²) in [6, 6.07) is 3.80. The molecule has 0 amide bonds. The lowest BCUT2D eigenvalue weighted by Gasteiger charge is -2.32. The molecule has 18 heavy (non-hydrogen) atoms. The molecule has 1 aliphatic rings. The second-order valence-corrected chi connectivity index (χ2v) is 5.72. The maximum atomic E-state index is 13.6. The van der Waals surface area contributed by atoms with Gasteiger partial charge in [-0.15, -0.1) is 0 Å². The van der Waals surface area contributed by atoms with E-state index < -0.39 is 12.0 Å². The lowest BCUT2D eigenvalue weighted by Crippen LogP contribution is -2.46. The van der Waals surface area contributed by atoms with Gasteiger partial charge in [0.15, 0.2) is 0 Å². The normalized spacial score (nSPS) is 20.9. The number of benzene rings is 1. The van der Waals surface area contributed by atoms with Crippen LogP contribution in [-0.4, -0.2) is 40.1 Å². The van der Waals surface area contributed by atoms with Crippen LogP contribution in [0, 0.1) is 5.82 Å². The van der Waals surface area contributed by atoms with Gasteiger partial charge in [0.1, 0.15) is 11.9 Å². The molecule has 1 heterocycles. The molecule has 0 radical (unpaired) electrons. The minimum atomic E-state index is -0.857. The summed E-state index contributed by atoms with van der Waals surface area (Å²) in [5.41, 5.74) is 0.445. The third-order valence-electron chi connectivity index (χ3n) is 2.91.